The molecular weight excluding hydrogens is 365 g/mol. The lowest BCUT2D eigenvalue weighted by Gasteiger charge is -2.26. The van der Waals surface area contributed by atoms with Crippen LogP contribution in [0.3, 0.4) is 0 Å². The van der Waals surface area contributed by atoms with Gasteiger partial charge in [0.15, 0.2) is 0 Å². The van der Waals surface area contributed by atoms with Crippen LogP contribution in [0.2, 0.25) is 0 Å². The fraction of sp³-hybridized carbons (Fsp3) is 0.588. The van der Waals surface area contributed by atoms with Gasteiger partial charge in [0, 0.05) is 39.0 Å². The Hall–Kier alpha value is -0.890. The van der Waals surface area contributed by atoms with Crippen molar-refractivity contribution in [1.29, 1.82) is 0 Å². The van der Waals surface area contributed by atoms with Gasteiger partial charge < -0.3 is 20.5 Å². The van der Waals surface area contributed by atoms with Crippen molar-refractivity contribution in [3.05, 3.63) is 29.8 Å². The minimum absolute atomic E-state index is 0. The van der Waals surface area contributed by atoms with E-state index < -0.39 is 0 Å². The maximum Gasteiger partial charge on any atom is 0.227 e. The number of rotatable bonds is 8. The lowest BCUT2D eigenvalue weighted by atomic mass is 10.1. The number of anilines is 1. The van der Waals surface area contributed by atoms with Crippen molar-refractivity contribution in [2.75, 3.05) is 51.8 Å². The van der Waals surface area contributed by atoms with E-state index in [0.29, 0.717) is 6.54 Å². The zero-order valence-corrected chi connectivity index (χ0v) is 16.2. The van der Waals surface area contributed by atoms with Crippen molar-refractivity contribution >= 4 is 36.4 Å². The third-order valence-corrected chi connectivity index (χ3v) is 4.07. The van der Waals surface area contributed by atoms with Crippen molar-refractivity contribution in [2.45, 2.75) is 18.9 Å². The predicted octanol–water partition coefficient (Wildman–Crippen LogP) is 1.71. The Morgan fingerprint density at radius 2 is 1.92 bits per heavy atom. The first-order valence-electron chi connectivity index (χ1n) is 8.13. The second kappa shape index (κ2) is 13.3. The van der Waals surface area contributed by atoms with Crippen LogP contribution in [0.4, 0.5) is 5.69 Å². The molecule has 25 heavy (non-hydrogen) atoms. The van der Waals surface area contributed by atoms with Gasteiger partial charge in [-0.05, 0) is 24.1 Å². The number of ether oxygens (including phenoxy) is 2. The molecule has 1 unspecified atom stereocenters. The summed E-state index contributed by atoms with van der Waals surface area (Å²) >= 11 is 0. The average molecular weight is 394 g/mol. The van der Waals surface area contributed by atoms with Gasteiger partial charge in [-0.2, -0.15) is 0 Å². The molecule has 0 aliphatic carbocycles. The standard InChI is InChI=1S/C17H27N3O3.2ClH/c1-22-16(13-18)12-17(21)19-15-4-2-14(3-5-15)6-7-20-8-10-23-11-9-20;;/h2-5,16H,6-13,18H2,1H3,(H,19,21);2*1H. The lowest BCUT2D eigenvalue weighted by molar-refractivity contribution is -0.118. The molecule has 1 aromatic carbocycles. The van der Waals surface area contributed by atoms with Gasteiger partial charge in [-0.25, -0.2) is 0 Å². The summed E-state index contributed by atoms with van der Waals surface area (Å²) in [5.41, 5.74) is 7.60. The minimum Gasteiger partial charge on any atom is -0.380 e. The van der Waals surface area contributed by atoms with Crippen molar-refractivity contribution in [3.63, 3.8) is 0 Å². The number of carbonyl (C=O) groups excluding carboxylic acids is 1. The number of benzene rings is 1. The number of halogens is 2. The average Bonchev–Trinajstić information content (AvgIpc) is 2.60. The lowest BCUT2D eigenvalue weighted by Crippen LogP contribution is -2.37. The Morgan fingerprint density at radius 1 is 1.28 bits per heavy atom. The van der Waals surface area contributed by atoms with Gasteiger partial charge in [-0.1, -0.05) is 12.1 Å². The number of nitrogens with two attached hydrogens (primary N) is 1. The minimum atomic E-state index is -0.234. The molecule has 2 rings (SSSR count). The first-order chi connectivity index (χ1) is 11.2. The molecule has 1 atom stereocenters. The van der Waals surface area contributed by atoms with E-state index in [1.165, 1.54) is 5.56 Å². The van der Waals surface area contributed by atoms with Crippen LogP contribution in [0.1, 0.15) is 12.0 Å². The maximum atomic E-state index is 11.9. The summed E-state index contributed by atoms with van der Waals surface area (Å²) in [5.74, 6) is -0.0802. The van der Waals surface area contributed by atoms with E-state index in [-0.39, 0.29) is 43.2 Å². The number of amides is 1. The Morgan fingerprint density at radius 3 is 2.48 bits per heavy atom. The molecule has 0 radical (unpaired) electrons. The van der Waals surface area contributed by atoms with Crippen molar-refractivity contribution in [2.24, 2.45) is 5.73 Å². The number of methoxy groups -OCH3 is 1. The highest BCUT2D eigenvalue weighted by Gasteiger charge is 2.12. The number of nitrogens with one attached hydrogen (secondary N) is 1. The molecule has 1 amide bonds. The summed E-state index contributed by atoms with van der Waals surface area (Å²) in [4.78, 5) is 14.3. The molecule has 0 bridgehead atoms. The SMILES string of the molecule is COC(CN)CC(=O)Nc1ccc(CCN2CCOCC2)cc1.Cl.Cl. The van der Waals surface area contributed by atoms with Crippen LogP contribution in [0.15, 0.2) is 24.3 Å². The van der Waals surface area contributed by atoms with Crippen LogP contribution >= 0.6 is 24.8 Å². The zero-order chi connectivity index (χ0) is 16.5. The van der Waals surface area contributed by atoms with Gasteiger partial charge in [-0.15, -0.1) is 24.8 Å². The third-order valence-electron chi connectivity index (χ3n) is 4.07. The Balaban J connectivity index is 0.00000288. The van der Waals surface area contributed by atoms with Gasteiger partial charge in [0.2, 0.25) is 5.91 Å². The molecule has 1 fully saturated rings. The van der Waals surface area contributed by atoms with Crippen molar-refractivity contribution in [3.8, 4) is 0 Å². The summed E-state index contributed by atoms with van der Waals surface area (Å²) in [7, 11) is 1.56. The van der Waals surface area contributed by atoms with Crippen molar-refractivity contribution in [1.82, 2.24) is 4.90 Å². The molecule has 3 N–H and O–H groups in total. The highest BCUT2D eigenvalue weighted by Crippen LogP contribution is 2.12. The van der Waals surface area contributed by atoms with Crippen LogP contribution in [0.5, 0.6) is 0 Å². The molecule has 0 aromatic heterocycles. The third kappa shape index (κ3) is 8.85. The van der Waals surface area contributed by atoms with Crippen molar-refractivity contribution < 1.29 is 14.3 Å². The van der Waals surface area contributed by atoms with Crippen LogP contribution in [-0.2, 0) is 20.7 Å². The van der Waals surface area contributed by atoms with E-state index >= 15 is 0 Å². The van der Waals surface area contributed by atoms with Gasteiger partial charge in [0.1, 0.15) is 0 Å². The summed E-state index contributed by atoms with van der Waals surface area (Å²) < 4.78 is 10.5. The number of hydrogen-bond acceptors (Lipinski definition) is 5. The molecule has 1 saturated heterocycles. The summed E-state index contributed by atoms with van der Waals surface area (Å²) in [6.07, 6.45) is 1.04. The highest BCUT2D eigenvalue weighted by atomic mass is 35.5. The smallest absolute Gasteiger partial charge is 0.227 e. The maximum absolute atomic E-state index is 11.9. The van der Waals surface area contributed by atoms with E-state index in [0.717, 1.165) is 45.0 Å². The summed E-state index contributed by atoms with van der Waals surface area (Å²) in [6, 6.07) is 8.01. The second-order valence-corrected chi connectivity index (χ2v) is 5.75. The zero-order valence-electron chi connectivity index (χ0n) is 14.6. The fourth-order valence-corrected chi connectivity index (χ4v) is 2.55. The van der Waals surface area contributed by atoms with E-state index in [9.17, 15) is 4.79 Å². The van der Waals surface area contributed by atoms with Crippen LogP contribution < -0.4 is 11.1 Å². The number of carbonyl (C=O) groups is 1. The summed E-state index contributed by atoms with van der Waals surface area (Å²) in [5, 5.41) is 2.87. The van der Waals surface area contributed by atoms with Gasteiger partial charge in [0.25, 0.3) is 0 Å². The van der Waals surface area contributed by atoms with E-state index in [1.807, 2.05) is 12.1 Å². The first kappa shape index (κ1) is 24.1. The highest BCUT2D eigenvalue weighted by molar-refractivity contribution is 5.91. The quantitative estimate of drug-likeness (QED) is 0.702. The monoisotopic (exact) mass is 393 g/mol. The molecule has 144 valence electrons. The number of nitrogens with zero attached hydrogens (tertiary/aromatic N) is 1. The second-order valence-electron chi connectivity index (χ2n) is 5.75. The largest absolute Gasteiger partial charge is 0.380 e. The molecule has 1 aliphatic heterocycles. The summed E-state index contributed by atoms with van der Waals surface area (Å²) in [6.45, 7) is 5.06. The molecule has 0 spiro atoms. The normalized spacial score (nSPS) is 15.6. The molecule has 0 saturated carbocycles. The molecule has 1 aliphatic rings. The van der Waals surface area contributed by atoms with Crippen LogP contribution in [0.25, 0.3) is 0 Å². The van der Waals surface area contributed by atoms with Gasteiger partial charge in [-0.3, -0.25) is 9.69 Å². The molecule has 6 nitrogen and oxygen atoms in total. The fourth-order valence-electron chi connectivity index (χ4n) is 2.55. The Kier molecular flexibility index (Phi) is 12.9. The van der Waals surface area contributed by atoms with E-state index in [4.69, 9.17) is 15.2 Å². The van der Waals surface area contributed by atoms with Gasteiger partial charge in [0.05, 0.1) is 25.7 Å². The van der Waals surface area contributed by atoms with Gasteiger partial charge >= 0.3 is 0 Å². The van der Waals surface area contributed by atoms with Crippen LogP contribution in [-0.4, -0.2) is 63.4 Å². The Bertz CT molecular complexity index is 479. The van der Waals surface area contributed by atoms with Crippen LogP contribution in [0, 0.1) is 0 Å². The predicted molar refractivity (Wildman–Crippen MR) is 105 cm³/mol. The number of hydrogen-bond donors (Lipinski definition) is 2. The molecule has 1 aromatic rings. The first-order valence-corrected chi connectivity index (χ1v) is 8.13. The van der Waals surface area contributed by atoms with E-state index in [1.54, 1.807) is 7.11 Å². The Labute approximate surface area is 162 Å². The van der Waals surface area contributed by atoms with E-state index in [2.05, 4.69) is 22.3 Å². The molecular formula is C17H29Cl2N3O3. The number of morpholine rings is 1. The molecule has 1 heterocycles. The topological polar surface area (TPSA) is 76.8 Å². The molecule has 8 heteroatoms.